The summed E-state index contributed by atoms with van der Waals surface area (Å²) >= 11 is 0. The smallest absolute Gasteiger partial charge is 0.410 e. The first-order chi connectivity index (χ1) is 18.5. The minimum Gasteiger partial charge on any atom is -0.458 e. The van der Waals surface area contributed by atoms with Crippen molar-refractivity contribution in [1.29, 1.82) is 0 Å². The molecule has 2 aliphatic heterocycles. The third kappa shape index (κ3) is 3.81. The second kappa shape index (κ2) is 9.56. The van der Waals surface area contributed by atoms with Crippen molar-refractivity contribution < 1.29 is 14.5 Å². The zero-order valence-corrected chi connectivity index (χ0v) is 21.2. The monoisotopic (exact) mass is 507 g/mol. The number of esters is 1. The summed E-state index contributed by atoms with van der Waals surface area (Å²) in [4.78, 5) is 31.5. The van der Waals surface area contributed by atoms with E-state index >= 15 is 0 Å². The number of carbonyl (C=O) groups is 1. The standard InChI is InChI=1S/C31H29N3O4/c1-2-38-30(35)29(34(36)37)23-16-17-26-28(19-23)33-27(22-13-7-4-8-14-22)20-24(21-11-5-3-6-12-21)25-15-9-10-18-31(25,33)32-26/h3-8,11-14,16-17,19-20,24-25H,2,9-10,15,18H2,1H3. The first kappa shape index (κ1) is 24.1. The van der Waals surface area contributed by atoms with Crippen molar-refractivity contribution in [3.8, 4) is 0 Å². The van der Waals surface area contributed by atoms with E-state index in [0.29, 0.717) is 0 Å². The van der Waals surface area contributed by atoms with Gasteiger partial charge in [-0.25, -0.2) is 4.79 Å². The van der Waals surface area contributed by atoms with E-state index in [2.05, 4.69) is 47.4 Å². The number of fused-ring (bicyclic) bond motifs is 2. The molecule has 7 nitrogen and oxygen atoms in total. The van der Waals surface area contributed by atoms with Gasteiger partial charge in [0.05, 0.1) is 27.8 Å². The van der Waals surface area contributed by atoms with E-state index in [9.17, 15) is 14.9 Å². The number of nitrogens with zero attached hydrogens (tertiary/aromatic N) is 3. The lowest BCUT2D eigenvalue weighted by Crippen LogP contribution is -2.55. The Hall–Kier alpha value is -4.26. The van der Waals surface area contributed by atoms with E-state index in [0.717, 1.165) is 48.0 Å². The summed E-state index contributed by atoms with van der Waals surface area (Å²) in [5.74, 6) is -0.508. The van der Waals surface area contributed by atoms with Crippen LogP contribution in [-0.4, -0.2) is 23.2 Å². The van der Waals surface area contributed by atoms with Crippen molar-refractivity contribution in [3.63, 3.8) is 0 Å². The summed E-state index contributed by atoms with van der Waals surface area (Å²) in [6.45, 7) is 1.70. The van der Waals surface area contributed by atoms with Crippen LogP contribution < -0.4 is 15.5 Å². The minimum atomic E-state index is -0.931. The van der Waals surface area contributed by atoms with E-state index in [1.165, 1.54) is 5.56 Å². The highest BCUT2D eigenvalue weighted by molar-refractivity contribution is 6.06. The Morgan fingerprint density at radius 3 is 2.53 bits per heavy atom. The zero-order valence-electron chi connectivity index (χ0n) is 21.2. The van der Waals surface area contributed by atoms with E-state index < -0.39 is 22.3 Å². The van der Waals surface area contributed by atoms with E-state index in [1.807, 2.05) is 30.3 Å². The largest absolute Gasteiger partial charge is 0.458 e. The summed E-state index contributed by atoms with van der Waals surface area (Å²) in [6, 6.07) is 26.0. The van der Waals surface area contributed by atoms with Gasteiger partial charge in [0, 0.05) is 17.5 Å². The maximum Gasteiger partial charge on any atom is 0.410 e. The van der Waals surface area contributed by atoms with E-state index in [-0.39, 0.29) is 23.7 Å². The second-order valence-electron chi connectivity index (χ2n) is 10.1. The fraction of sp³-hybridized carbons (Fsp3) is 0.290. The Kier molecular flexibility index (Phi) is 6.06. The highest BCUT2D eigenvalue weighted by Gasteiger charge is 2.55. The number of ether oxygens (including phenoxy) is 1. The van der Waals surface area contributed by atoms with Crippen LogP contribution in [0.15, 0.2) is 89.9 Å². The van der Waals surface area contributed by atoms with Crippen LogP contribution in [0.2, 0.25) is 0 Å². The Balaban J connectivity index is 1.61. The number of carbonyl (C=O) groups excluding carboxylic acids is 1. The molecule has 0 radical (unpaired) electrons. The Bertz CT molecular complexity index is 1550. The molecule has 1 fully saturated rings. The first-order valence-corrected chi connectivity index (χ1v) is 13.2. The van der Waals surface area contributed by atoms with Crippen molar-refractivity contribution in [3.05, 3.63) is 117 Å². The number of hydrogen-bond acceptors (Lipinski definition) is 6. The van der Waals surface area contributed by atoms with Crippen LogP contribution in [0.1, 0.15) is 49.7 Å². The average Bonchev–Trinajstić information content (AvgIpc) is 3.26. The molecule has 0 amide bonds. The van der Waals surface area contributed by atoms with Gasteiger partial charge >= 0.3 is 11.7 Å². The Morgan fingerprint density at radius 2 is 1.82 bits per heavy atom. The first-order valence-electron chi connectivity index (χ1n) is 13.2. The molecule has 1 aliphatic carbocycles. The van der Waals surface area contributed by atoms with Crippen LogP contribution in [0.3, 0.4) is 0 Å². The molecule has 3 aromatic rings. The predicted molar refractivity (Wildman–Crippen MR) is 145 cm³/mol. The molecule has 3 aromatic carbocycles. The van der Waals surface area contributed by atoms with Crippen LogP contribution in [0, 0.1) is 16.0 Å². The predicted octanol–water partition coefficient (Wildman–Crippen LogP) is 4.80. The van der Waals surface area contributed by atoms with Gasteiger partial charge < -0.3 is 9.64 Å². The fourth-order valence-corrected chi connectivity index (χ4v) is 6.50. The van der Waals surface area contributed by atoms with Crippen LogP contribution >= 0.6 is 0 Å². The molecule has 3 unspecified atom stereocenters. The number of nitro groups is 1. The Morgan fingerprint density at radius 1 is 1.08 bits per heavy atom. The quantitative estimate of drug-likeness (QED) is 0.281. The van der Waals surface area contributed by atoms with Crippen molar-refractivity contribution in [2.75, 3.05) is 11.5 Å². The molecule has 38 heavy (non-hydrogen) atoms. The topological polar surface area (TPSA) is 85.0 Å². The molecular formula is C31H29N3O4. The van der Waals surface area contributed by atoms with Crippen molar-refractivity contribution in [2.45, 2.75) is 44.2 Å². The Labute approximate surface area is 220 Å². The van der Waals surface area contributed by atoms with Gasteiger partial charge in [-0.15, -0.1) is 0 Å². The second-order valence-corrected chi connectivity index (χ2v) is 10.1. The molecule has 0 aromatic heterocycles. The SMILES string of the molecule is CCOC(=O)C(=c1ccc2c(c1)N1C(c3ccccc3)=CC(c3ccccc3)C3CCCCC31N=2)[N+](=O)[O-]. The number of anilines is 1. The van der Waals surface area contributed by atoms with Gasteiger partial charge in [-0.1, -0.05) is 73.2 Å². The molecule has 192 valence electrons. The third-order valence-electron chi connectivity index (χ3n) is 8.01. The lowest BCUT2D eigenvalue weighted by Gasteiger charge is -2.53. The lowest BCUT2D eigenvalue weighted by atomic mass is 9.66. The number of allylic oxidation sites excluding steroid dienone is 1. The molecule has 1 saturated carbocycles. The van der Waals surface area contributed by atoms with Crippen LogP contribution in [0.4, 0.5) is 5.69 Å². The lowest BCUT2D eigenvalue weighted by molar-refractivity contribution is -0.378. The van der Waals surface area contributed by atoms with Crippen molar-refractivity contribution in [1.82, 2.24) is 0 Å². The third-order valence-corrected chi connectivity index (χ3v) is 8.01. The highest BCUT2D eigenvalue weighted by atomic mass is 16.6. The van der Waals surface area contributed by atoms with Crippen LogP contribution in [0.5, 0.6) is 0 Å². The molecule has 1 spiro atoms. The van der Waals surface area contributed by atoms with Gasteiger partial charge in [-0.3, -0.25) is 15.1 Å². The maximum atomic E-state index is 12.5. The summed E-state index contributed by atoms with van der Waals surface area (Å²) in [5.41, 5.74) is 3.10. The van der Waals surface area contributed by atoms with Gasteiger partial charge in [-0.05, 0) is 55.5 Å². The van der Waals surface area contributed by atoms with Crippen molar-refractivity contribution >= 4 is 23.1 Å². The zero-order chi connectivity index (χ0) is 26.3. The van der Waals surface area contributed by atoms with Crippen LogP contribution in [0.25, 0.3) is 11.4 Å². The normalized spacial score (nSPS) is 24.2. The number of rotatable bonds is 5. The van der Waals surface area contributed by atoms with Gasteiger partial charge in [0.2, 0.25) is 0 Å². The van der Waals surface area contributed by atoms with E-state index in [4.69, 9.17) is 9.73 Å². The molecule has 0 N–H and O–H groups in total. The van der Waals surface area contributed by atoms with Gasteiger partial charge in [0.15, 0.2) is 0 Å². The van der Waals surface area contributed by atoms with Gasteiger partial charge in [0.1, 0.15) is 5.66 Å². The summed E-state index contributed by atoms with van der Waals surface area (Å²) in [6.07, 6.45) is 6.46. The molecule has 2 heterocycles. The summed E-state index contributed by atoms with van der Waals surface area (Å²) < 4.78 is 5.02. The molecule has 7 heteroatoms. The fourth-order valence-electron chi connectivity index (χ4n) is 6.50. The van der Waals surface area contributed by atoms with Gasteiger partial charge in [0.25, 0.3) is 0 Å². The molecule has 6 rings (SSSR count). The molecular weight excluding hydrogens is 478 g/mol. The average molecular weight is 508 g/mol. The summed E-state index contributed by atoms with van der Waals surface area (Å²) in [7, 11) is 0. The minimum absolute atomic E-state index is 0.0646. The molecule has 0 saturated heterocycles. The van der Waals surface area contributed by atoms with Crippen molar-refractivity contribution in [2.24, 2.45) is 10.9 Å². The maximum absolute atomic E-state index is 12.5. The summed E-state index contributed by atoms with van der Waals surface area (Å²) in [5, 5.41) is 13.0. The van der Waals surface area contributed by atoms with Gasteiger partial charge in [-0.2, -0.15) is 0 Å². The number of benzene rings is 3. The molecule has 3 atom stereocenters. The van der Waals surface area contributed by atoms with Crippen LogP contribution in [-0.2, 0) is 9.53 Å². The molecule has 3 aliphatic rings. The highest BCUT2D eigenvalue weighted by Crippen LogP contribution is 2.55. The molecule has 0 bridgehead atoms. The number of hydrogen-bond donors (Lipinski definition) is 0. The van der Waals surface area contributed by atoms with E-state index in [1.54, 1.807) is 19.1 Å².